The van der Waals surface area contributed by atoms with Gasteiger partial charge in [0.15, 0.2) is 0 Å². The summed E-state index contributed by atoms with van der Waals surface area (Å²) in [6, 6.07) is -0.339. The van der Waals surface area contributed by atoms with Crippen molar-refractivity contribution in [2.45, 2.75) is 45.3 Å². The summed E-state index contributed by atoms with van der Waals surface area (Å²) in [4.78, 5) is 25.6. The van der Waals surface area contributed by atoms with Crippen LogP contribution in [0.2, 0.25) is 0 Å². The Morgan fingerprint density at radius 1 is 1.36 bits per heavy atom. The van der Waals surface area contributed by atoms with Gasteiger partial charge in [0.05, 0.1) is 18.8 Å². The van der Waals surface area contributed by atoms with Crippen LogP contribution in [0, 0.1) is 5.92 Å². The van der Waals surface area contributed by atoms with Gasteiger partial charge in [-0.05, 0) is 51.9 Å². The highest BCUT2D eigenvalue weighted by molar-refractivity contribution is 5.87. The third-order valence-corrected chi connectivity index (χ3v) is 4.47. The molecule has 1 fully saturated rings. The molecule has 7 heteroatoms. The summed E-state index contributed by atoms with van der Waals surface area (Å²) in [5.41, 5.74) is -0.412. The fourth-order valence-electron chi connectivity index (χ4n) is 2.98. The first-order valence-corrected chi connectivity index (χ1v) is 8.99. The van der Waals surface area contributed by atoms with E-state index in [9.17, 15) is 9.59 Å². The number of hydrogen-bond acceptors (Lipinski definition) is 6. The van der Waals surface area contributed by atoms with Gasteiger partial charge in [0, 0.05) is 0 Å². The molecule has 1 heterocycles. The Kier molecular flexibility index (Phi) is 9.10. The van der Waals surface area contributed by atoms with Crippen LogP contribution in [0.15, 0.2) is 12.7 Å². The second-order valence-electron chi connectivity index (χ2n) is 6.73. The van der Waals surface area contributed by atoms with Crippen LogP contribution in [0.3, 0.4) is 0 Å². The van der Waals surface area contributed by atoms with Crippen molar-refractivity contribution in [2.75, 3.05) is 40.0 Å². The second kappa shape index (κ2) is 10.5. The maximum atomic E-state index is 12.1. The van der Waals surface area contributed by atoms with Crippen LogP contribution in [0.25, 0.3) is 0 Å². The zero-order valence-corrected chi connectivity index (χ0v) is 16.0. The minimum absolute atomic E-state index is 0.120. The SMILES string of the molecule is C=CC(=O)N1COC(CCNC)(CCNC(C(=O)OCC)C(C)C)C1. The van der Waals surface area contributed by atoms with Crippen LogP contribution in [-0.2, 0) is 19.1 Å². The molecule has 0 aromatic carbocycles. The Labute approximate surface area is 151 Å². The van der Waals surface area contributed by atoms with E-state index in [0.29, 0.717) is 26.1 Å². The average molecular weight is 355 g/mol. The lowest BCUT2D eigenvalue weighted by molar-refractivity contribution is -0.147. The molecule has 0 radical (unpaired) electrons. The van der Waals surface area contributed by atoms with E-state index in [0.717, 1.165) is 13.0 Å². The molecule has 1 amide bonds. The highest BCUT2D eigenvalue weighted by Crippen LogP contribution is 2.28. The molecule has 0 aromatic heterocycles. The summed E-state index contributed by atoms with van der Waals surface area (Å²) in [6.45, 7) is 11.9. The second-order valence-corrected chi connectivity index (χ2v) is 6.73. The van der Waals surface area contributed by atoms with Crippen molar-refractivity contribution >= 4 is 11.9 Å². The summed E-state index contributed by atoms with van der Waals surface area (Å²) < 4.78 is 11.1. The molecule has 7 nitrogen and oxygen atoms in total. The third kappa shape index (κ3) is 6.41. The molecule has 2 unspecified atom stereocenters. The van der Waals surface area contributed by atoms with E-state index < -0.39 is 5.60 Å². The first-order chi connectivity index (χ1) is 11.9. The Hall–Kier alpha value is -1.44. The average Bonchev–Trinajstić information content (AvgIpc) is 3.00. The fourth-order valence-corrected chi connectivity index (χ4v) is 2.98. The maximum absolute atomic E-state index is 12.1. The van der Waals surface area contributed by atoms with Crippen molar-refractivity contribution in [3.63, 3.8) is 0 Å². The van der Waals surface area contributed by atoms with Gasteiger partial charge in [-0.25, -0.2) is 0 Å². The number of rotatable bonds is 11. The summed E-state index contributed by atoms with van der Waals surface area (Å²) >= 11 is 0. The van der Waals surface area contributed by atoms with Crippen molar-refractivity contribution in [3.8, 4) is 0 Å². The molecular formula is C18H33N3O4. The van der Waals surface area contributed by atoms with Gasteiger partial charge >= 0.3 is 5.97 Å². The normalized spacial score (nSPS) is 21.4. The van der Waals surface area contributed by atoms with E-state index in [4.69, 9.17) is 9.47 Å². The van der Waals surface area contributed by atoms with E-state index in [1.165, 1.54) is 6.08 Å². The van der Waals surface area contributed by atoms with Crippen LogP contribution in [-0.4, -0.2) is 68.4 Å². The molecule has 1 aliphatic rings. The molecule has 144 valence electrons. The van der Waals surface area contributed by atoms with E-state index in [-0.39, 0.29) is 30.6 Å². The van der Waals surface area contributed by atoms with E-state index >= 15 is 0 Å². The van der Waals surface area contributed by atoms with E-state index in [2.05, 4.69) is 17.2 Å². The molecule has 25 heavy (non-hydrogen) atoms. The predicted molar refractivity (Wildman–Crippen MR) is 97.0 cm³/mol. The molecule has 0 saturated carbocycles. The number of ether oxygens (including phenoxy) is 2. The zero-order chi connectivity index (χ0) is 18.9. The monoisotopic (exact) mass is 355 g/mol. The molecular weight excluding hydrogens is 322 g/mol. The minimum Gasteiger partial charge on any atom is -0.465 e. The number of esters is 1. The van der Waals surface area contributed by atoms with Gasteiger partial charge < -0.3 is 25.0 Å². The molecule has 0 spiro atoms. The number of hydrogen-bond donors (Lipinski definition) is 2. The van der Waals surface area contributed by atoms with Crippen LogP contribution in [0.1, 0.15) is 33.6 Å². The van der Waals surface area contributed by atoms with Crippen LogP contribution in [0.4, 0.5) is 0 Å². The van der Waals surface area contributed by atoms with Gasteiger partial charge in [-0.3, -0.25) is 9.59 Å². The van der Waals surface area contributed by atoms with Crippen molar-refractivity contribution in [2.24, 2.45) is 5.92 Å². The summed E-state index contributed by atoms with van der Waals surface area (Å²) in [5.74, 6) is -0.209. The maximum Gasteiger partial charge on any atom is 0.323 e. The molecule has 2 N–H and O–H groups in total. The van der Waals surface area contributed by atoms with Gasteiger partial charge in [-0.2, -0.15) is 0 Å². The largest absolute Gasteiger partial charge is 0.465 e. The summed E-state index contributed by atoms with van der Waals surface area (Å²) in [6.07, 6.45) is 2.81. The molecule has 1 saturated heterocycles. The Morgan fingerprint density at radius 2 is 2.04 bits per heavy atom. The zero-order valence-electron chi connectivity index (χ0n) is 16.0. The minimum atomic E-state index is -0.412. The summed E-state index contributed by atoms with van der Waals surface area (Å²) in [7, 11) is 1.89. The lowest BCUT2D eigenvalue weighted by Crippen LogP contribution is -2.46. The number of amides is 1. The molecule has 1 rings (SSSR count). The topological polar surface area (TPSA) is 79.9 Å². The van der Waals surface area contributed by atoms with Crippen molar-refractivity contribution in [1.82, 2.24) is 15.5 Å². The van der Waals surface area contributed by atoms with Gasteiger partial charge in [-0.1, -0.05) is 20.4 Å². The quantitative estimate of drug-likeness (QED) is 0.424. The molecule has 0 aromatic rings. The fraction of sp³-hybridized carbons (Fsp3) is 0.778. The Balaban J connectivity index is 2.65. The van der Waals surface area contributed by atoms with Crippen LogP contribution >= 0.6 is 0 Å². The first kappa shape index (κ1) is 21.6. The summed E-state index contributed by atoms with van der Waals surface area (Å²) in [5, 5.41) is 6.42. The van der Waals surface area contributed by atoms with Crippen LogP contribution < -0.4 is 10.6 Å². The first-order valence-electron chi connectivity index (χ1n) is 8.99. The lowest BCUT2D eigenvalue weighted by Gasteiger charge is -2.29. The third-order valence-electron chi connectivity index (χ3n) is 4.47. The standard InChI is InChI=1S/C18H33N3O4/c1-6-15(22)21-12-18(25-13-21,8-10-19-5)9-11-20-16(14(3)4)17(23)24-7-2/h6,14,16,19-20H,1,7-13H2,2-5H3. The molecule has 2 atom stereocenters. The van der Waals surface area contributed by atoms with Crippen molar-refractivity contribution in [1.29, 1.82) is 0 Å². The number of nitrogens with zero attached hydrogens (tertiary/aromatic N) is 1. The Bertz CT molecular complexity index is 456. The Morgan fingerprint density at radius 3 is 2.60 bits per heavy atom. The number of nitrogens with one attached hydrogen (secondary N) is 2. The van der Waals surface area contributed by atoms with Gasteiger partial charge in [0.25, 0.3) is 0 Å². The molecule has 0 aliphatic carbocycles. The number of carbonyl (C=O) groups excluding carboxylic acids is 2. The van der Waals surface area contributed by atoms with Crippen molar-refractivity contribution in [3.05, 3.63) is 12.7 Å². The highest BCUT2D eigenvalue weighted by atomic mass is 16.5. The van der Waals surface area contributed by atoms with Gasteiger partial charge in [0.2, 0.25) is 5.91 Å². The van der Waals surface area contributed by atoms with Crippen molar-refractivity contribution < 1.29 is 19.1 Å². The van der Waals surface area contributed by atoms with E-state index in [1.54, 1.807) is 11.8 Å². The predicted octanol–water partition coefficient (Wildman–Crippen LogP) is 0.904. The van der Waals surface area contributed by atoms with Gasteiger partial charge in [0.1, 0.15) is 12.8 Å². The smallest absolute Gasteiger partial charge is 0.323 e. The van der Waals surface area contributed by atoms with Crippen LogP contribution in [0.5, 0.6) is 0 Å². The highest BCUT2D eigenvalue weighted by Gasteiger charge is 2.40. The van der Waals surface area contributed by atoms with E-state index in [1.807, 2.05) is 20.9 Å². The van der Waals surface area contributed by atoms with Gasteiger partial charge in [-0.15, -0.1) is 0 Å². The lowest BCUT2D eigenvalue weighted by atomic mass is 9.94. The molecule has 1 aliphatic heterocycles. The number of carbonyl (C=O) groups is 2. The molecule has 0 bridgehead atoms.